The number of nitrogens with zero attached hydrogens (tertiary/aromatic N) is 1. The van der Waals surface area contributed by atoms with Crippen LogP contribution in [-0.4, -0.2) is 30.5 Å². The summed E-state index contributed by atoms with van der Waals surface area (Å²) in [5, 5.41) is 0. The minimum Gasteiger partial charge on any atom is -0.380 e. The lowest BCUT2D eigenvalue weighted by molar-refractivity contribution is 0.0608. The Bertz CT molecular complexity index is 413. The Labute approximate surface area is 115 Å². The van der Waals surface area contributed by atoms with Crippen LogP contribution in [0.5, 0.6) is 0 Å². The van der Waals surface area contributed by atoms with E-state index in [-0.39, 0.29) is 5.91 Å². The molecule has 1 fully saturated rings. The Morgan fingerprint density at radius 3 is 2.68 bits per heavy atom. The van der Waals surface area contributed by atoms with Gasteiger partial charge in [-0.1, -0.05) is 19.1 Å². The van der Waals surface area contributed by atoms with E-state index in [2.05, 4.69) is 11.8 Å². The SMILES string of the molecule is CCC1CCCCN1C(=O)c1ccc(COC)cc1. The number of ether oxygens (including phenoxy) is 1. The largest absolute Gasteiger partial charge is 0.380 e. The Hall–Kier alpha value is -1.35. The summed E-state index contributed by atoms with van der Waals surface area (Å²) in [5.41, 5.74) is 1.89. The van der Waals surface area contributed by atoms with Gasteiger partial charge in [0.15, 0.2) is 0 Å². The first-order valence-corrected chi connectivity index (χ1v) is 7.15. The summed E-state index contributed by atoms with van der Waals surface area (Å²) in [4.78, 5) is 14.6. The molecule has 19 heavy (non-hydrogen) atoms. The second kappa shape index (κ2) is 6.71. The zero-order valence-corrected chi connectivity index (χ0v) is 11.9. The van der Waals surface area contributed by atoms with Crippen LogP contribution in [0.1, 0.15) is 48.5 Å². The first-order chi connectivity index (χ1) is 9.26. The number of carbonyl (C=O) groups is 1. The van der Waals surface area contributed by atoms with Crippen LogP contribution >= 0.6 is 0 Å². The lowest BCUT2D eigenvalue weighted by Crippen LogP contribution is -2.43. The summed E-state index contributed by atoms with van der Waals surface area (Å²) < 4.78 is 5.08. The topological polar surface area (TPSA) is 29.5 Å². The van der Waals surface area contributed by atoms with Crippen molar-refractivity contribution in [2.24, 2.45) is 0 Å². The molecule has 0 aliphatic carbocycles. The van der Waals surface area contributed by atoms with Crippen molar-refractivity contribution in [2.75, 3.05) is 13.7 Å². The quantitative estimate of drug-likeness (QED) is 0.832. The molecular formula is C16H23NO2. The Morgan fingerprint density at radius 1 is 1.32 bits per heavy atom. The van der Waals surface area contributed by atoms with E-state index in [9.17, 15) is 4.79 Å². The fraction of sp³-hybridized carbons (Fsp3) is 0.562. The van der Waals surface area contributed by atoms with E-state index in [1.807, 2.05) is 24.3 Å². The summed E-state index contributed by atoms with van der Waals surface area (Å²) >= 11 is 0. The van der Waals surface area contributed by atoms with Crippen LogP contribution in [0.4, 0.5) is 0 Å². The molecule has 1 aromatic rings. The van der Waals surface area contributed by atoms with E-state index in [1.165, 1.54) is 6.42 Å². The third kappa shape index (κ3) is 3.35. The van der Waals surface area contributed by atoms with E-state index in [1.54, 1.807) is 7.11 Å². The predicted octanol–water partition coefficient (Wildman–Crippen LogP) is 3.24. The highest BCUT2D eigenvalue weighted by atomic mass is 16.5. The molecule has 1 atom stereocenters. The number of piperidine rings is 1. The summed E-state index contributed by atoms with van der Waals surface area (Å²) in [7, 11) is 1.68. The lowest BCUT2D eigenvalue weighted by atomic mass is 9.98. The van der Waals surface area contributed by atoms with Gasteiger partial charge in [0.2, 0.25) is 0 Å². The highest BCUT2D eigenvalue weighted by Gasteiger charge is 2.25. The maximum atomic E-state index is 12.5. The average Bonchev–Trinajstić information content (AvgIpc) is 2.47. The van der Waals surface area contributed by atoms with Gasteiger partial charge >= 0.3 is 0 Å². The molecule has 1 saturated heterocycles. The molecule has 0 radical (unpaired) electrons. The highest BCUT2D eigenvalue weighted by Crippen LogP contribution is 2.22. The highest BCUT2D eigenvalue weighted by molar-refractivity contribution is 5.94. The van der Waals surface area contributed by atoms with E-state index < -0.39 is 0 Å². The van der Waals surface area contributed by atoms with Crippen LogP contribution in [0, 0.1) is 0 Å². The van der Waals surface area contributed by atoms with Gasteiger partial charge in [0.05, 0.1) is 6.61 Å². The molecule has 0 saturated carbocycles. The minimum atomic E-state index is 0.176. The predicted molar refractivity (Wildman–Crippen MR) is 76.1 cm³/mol. The summed E-state index contributed by atoms with van der Waals surface area (Å²) in [6, 6.07) is 8.19. The molecule has 0 spiro atoms. The molecule has 0 N–H and O–H groups in total. The van der Waals surface area contributed by atoms with Crippen molar-refractivity contribution in [3.8, 4) is 0 Å². The number of methoxy groups -OCH3 is 1. The minimum absolute atomic E-state index is 0.176. The van der Waals surface area contributed by atoms with E-state index >= 15 is 0 Å². The maximum Gasteiger partial charge on any atom is 0.254 e. The standard InChI is InChI=1S/C16H23NO2/c1-3-15-6-4-5-11-17(15)16(18)14-9-7-13(8-10-14)12-19-2/h7-10,15H,3-6,11-12H2,1-2H3. The van der Waals surface area contributed by atoms with Gasteiger partial charge in [-0.05, 0) is 43.4 Å². The zero-order chi connectivity index (χ0) is 13.7. The van der Waals surface area contributed by atoms with Crippen molar-refractivity contribution < 1.29 is 9.53 Å². The third-order valence-electron chi connectivity index (χ3n) is 3.87. The van der Waals surface area contributed by atoms with Crippen molar-refractivity contribution in [1.82, 2.24) is 4.90 Å². The second-order valence-electron chi connectivity index (χ2n) is 5.19. The van der Waals surface area contributed by atoms with Crippen LogP contribution in [0.2, 0.25) is 0 Å². The molecule has 1 unspecified atom stereocenters. The molecular weight excluding hydrogens is 238 g/mol. The summed E-state index contributed by atoms with van der Waals surface area (Å²) in [6.45, 7) is 3.66. The molecule has 104 valence electrons. The van der Waals surface area contributed by atoms with Crippen molar-refractivity contribution >= 4 is 5.91 Å². The van der Waals surface area contributed by atoms with E-state index in [4.69, 9.17) is 4.74 Å². The van der Waals surface area contributed by atoms with Crippen molar-refractivity contribution in [3.05, 3.63) is 35.4 Å². The fourth-order valence-corrected chi connectivity index (χ4v) is 2.77. The lowest BCUT2D eigenvalue weighted by Gasteiger charge is -2.35. The molecule has 1 aliphatic rings. The van der Waals surface area contributed by atoms with Crippen LogP contribution in [-0.2, 0) is 11.3 Å². The molecule has 3 heteroatoms. The number of rotatable bonds is 4. The summed E-state index contributed by atoms with van der Waals surface area (Å²) in [6.07, 6.45) is 4.57. The molecule has 0 bridgehead atoms. The van der Waals surface area contributed by atoms with E-state index in [0.29, 0.717) is 12.6 Å². The van der Waals surface area contributed by atoms with Crippen LogP contribution < -0.4 is 0 Å². The normalized spacial score (nSPS) is 19.5. The smallest absolute Gasteiger partial charge is 0.254 e. The van der Waals surface area contributed by atoms with Gasteiger partial charge in [-0.15, -0.1) is 0 Å². The average molecular weight is 261 g/mol. The Balaban J connectivity index is 2.09. The third-order valence-corrected chi connectivity index (χ3v) is 3.87. The Kier molecular flexibility index (Phi) is 4.97. The van der Waals surface area contributed by atoms with Crippen LogP contribution in [0.3, 0.4) is 0 Å². The molecule has 0 aromatic heterocycles. The number of hydrogen-bond acceptors (Lipinski definition) is 2. The molecule has 1 amide bonds. The second-order valence-corrected chi connectivity index (χ2v) is 5.19. The van der Waals surface area contributed by atoms with Gasteiger partial charge < -0.3 is 9.64 Å². The monoisotopic (exact) mass is 261 g/mol. The zero-order valence-electron chi connectivity index (χ0n) is 11.9. The molecule has 1 heterocycles. The number of hydrogen-bond donors (Lipinski definition) is 0. The van der Waals surface area contributed by atoms with Crippen LogP contribution in [0.25, 0.3) is 0 Å². The Morgan fingerprint density at radius 2 is 2.05 bits per heavy atom. The van der Waals surface area contributed by atoms with Crippen molar-refractivity contribution in [1.29, 1.82) is 0 Å². The summed E-state index contributed by atoms with van der Waals surface area (Å²) in [5.74, 6) is 0.176. The number of amides is 1. The van der Waals surface area contributed by atoms with Gasteiger partial charge in [-0.25, -0.2) is 0 Å². The van der Waals surface area contributed by atoms with Gasteiger partial charge in [-0.3, -0.25) is 4.79 Å². The van der Waals surface area contributed by atoms with Crippen molar-refractivity contribution in [3.63, 3.8) is 0 Å². The first kappa shape index (κ1) is 14.1. The fourth-order valence-electron chi connectivity index (χ4n) is 2.77. The van der Waals surface area contributed by atoms with Gasteiger partial charge in [0, 0.05) is 25.3 Å². The van der Waals surface area contributed by atoms with Gasteiger partial charge in [0.1, 0.15) is 0 Å². The molecule has 3 nitrogen and oxygen atoms in total. The van der Waals surface area contributed by atoms with Gasteiger partial charge in [-0.2, -0.15) is 0 Å². The number of likely N-dealkylation sites (tertiary alicyclic amines) is 1. The molecule has 1 aromatic carbocycles. The first-order valence-electron chi connectivity index (χ1n) is 7.15. The number of benzene rings is 1. The maximum absolute atomic E-state index is 12.5. The molecule has 1 aliphatic heterocycles. The van der Waals surface area contributed by atoms with Crippen LogP contribution in [0.15, 0.2) is 24.3 Å². The van der Waals surface area contributed by atoms with E-state index in [0.717, 1.165) is 36.9 Å². The van der Waals surface area contributed by atoms with Gasteiger partial charge in [0.25, 0.3) is 5.91 Å². The number of carbonyl (C=O) groups excluding carboxylic acids is 1. The molecule has 2 rings (SSSR count). The van der Waals surface area contributed by atoms with Crippen molar-refractivity contribution in [2.45, 2.75) is 45.3 Å².